The molecule has 0 amide bonds. The lowest BCUT2D eigenvalue weighted by atomic mass is 10.0. The van der Waals surface area contributed by atoms with Crippen molar-refractivity contribution in [3.63, 3.8) is 0 Å². The van der Waals surface area contributed by atoms with E-state index in [1.54, 1.807) is 0 Å². The van der Waals surface area contributed by atoms with Gasteiger partial charge in [0, 0.05) is 67.5 Å². The highest BCUT2D eigenvalue weighted by atomic mass is 32.2. The van der Waals surface area contributed by atoms with E-state index in [2.05, 4.69) is 133 Å². The van der Waals surface area contributed by atoms with E-state index in [1.165, 1.54) is 89.6 Å². The molecule has 0 fully saturated rings. The van der Waals surface area contributed by atoms with Gasteiger partial charge in [0.25, 0.3) is 0 Å². The molecule has 0 atom stereocenters. The van der Waals surface area contributed by atoms with E-state index in [-0.39, 0.29) is 0 Å². The zero-order chi connectivity index (χ0) is 29.9. The van der Waals surface area contributed by atoms with Gasteiger partial charge in [0.1, 0.15) is 0 Å². The molecule has 7 aromatic rings. The molecule has 0 bridgehead atoms. The van der Waals surface area contributed by atoms with Gasteiger partial charge in [-0.3, -0.25) is 0 Å². The lowest BCUT2D eigenvalue weighted by molar-refractivity contribution is 0.665. The van der Waals surface area contributed by atoms with Crippen LogP contribution < -0.4 is 0 Å². The summed E-state index contributed by atoms with van der Waals surface area (Å²) in [6.45, 7) is 3.30. The summed E-state index contributed by atoms with van der Waals surface area (Å²) in [7, 11) is 0. The Morgan fingerprint density at radius 3 is 1.38 bits per heavy atom. The number of aromatic nitrogens is 1. The standard InChI is InChI=1S/C40H29NS4/c1-2-3-22-41-31-23-25(27-10-8-16-37-39(27)44-35-14-6-4-12-33(35)42-37)18-20-29(31)30-21-19-26(24-32(30)41)28-11-9-17-38-40(28)45-36-15-7-5-13-34(36)43-38/h4-21,23-24H,2-3,22H2,1H3. The van der Waals surface area contributed by atoms with Crippen LogP contribution in [-0.2, 0) is 6.54 Å². The number of nitrogens with zero attached hydrogens (tertiary/aromatic N) is 1. The van der Waals surface area contributed by atoms with Crippen LogP contribution in [0.2, 0.25) is 0 Å². The first-order chi connectivity index (χ1) is 22.2. The van der Waals surface area contributed by atoms with Crippen molar-refractivity contribution < 1.29 is 0 Å². The molecule has 0 saturated carbocycles. The average Bonchev–Trinajstić information content (AvgIpc) is 3.40. The highest BCUT2D eigenvalue weighted by Crippen LogP contribution is 2.53. The predicted molar refractivity (Wildman–Crippen MR) is 195 cm³/mol. The van der Waals surface area contributed by atoms with Crippen LogP contribution >= 0.6 is 47.0 Å². The van der Waals surface area contributed by atoms with E-state index < -0.39 is 0 Å². The van der Waals surface area contributed by atoms with Crippen LogP contribution in [0.5, 0.6) is 0 Å². The van der Waals surface area contributed by atoms with Gasteiger partial charge in [-0.05, 0) is 77.2 Å². The Labute approximate surface area is 280 Å². The molecule has 0 aliphatic carbocycles. The van der Waals surface area contributed by atoms with Gasteiger partial charge in [-0.15, -0.1) is 0 Å². The molecule has 0 unspecified atom stereocenters. The van der Waals surface area contributed by atoms with E-state index in [0.717, 1.165) is 13.0 Å². The summed E-state index contributed by atoms with van der Waals surface area (Å²) in [4.78, 5) is 10.8. The molecule has 9 rings (SSSR count). The maximum absolute atomic E-state index is 2.58. The van der Waals surface area contributed by atoms with Crippen LogP contribution in [0.3, 0.4) is 0 Å². The monoisotopic (exact) mass is 651 g/mol. The summed E-state index contributed by atoms with van der Waals surface area (Å²) in [6.07, 6.45) is 2.32. The third kappa shape index (κ3) is 4.75. The fourth-order valence-electron chi connectivity index (χ4n) is 6.54. The molecule has 0 saturated heterocycles. The maximum Gasteiger partial charge on any atom is 0.0497 e. The number of benzene rings is 6. The van der Waals surface area contributed by atoms with Gasteiger partial charge in [-0.2, -0.15) is 0 Å². The Kier molecular flexibility index (Phi) is 7.04. The van der Waals surface area contributed by atoms with Crippen LogP contribution in [0.4, 0.5) is 0 Å². The molecule has 2 aliphatic heterocycles. The molecule has 0 spiro atoms. The summed E-state index contributed by atoms with van der Waals surface area (Å²) in [5.74, 6) is 0. The molecule has 0 radical (unpaired) electrons. The van der Waals surface area contributed by atoms with Gasteiger partial charge in [-0.1, -0.05) is 133 Å². The van der Waals surface area contributed by atoms with E-state index in [1.807, 2.05) is 47.0 Å². The lowest BCUT2D eigenvalue weighted by Gasteiger charge is -2.21. The van der Waals surface area contributed by atoms with Gasteiger partial charge in [0.05, 0.1) is 0 Å². The number of aryl methyl sites for hydroxylation is 1. The minimum Gasteiger partial charge on any atom is -0.340 e. The summed E-state index contributed by atoms with van der Waals surface area (Å²) in [5.41, 5.74) is 7.87. The third-order valence-corrected chi connectivity index (χ3v) is 14.0. The molecule has 218 valence electrons. The van der Waals surface area contributed by atoms with Crippen molar-refractivity contribution in [2.24, 2.45) is 0 Å². The molecule has 1 nitrogen and oxygen atoms in total. The van der Waals surface area contributed by atoms with Crippen molar-refractivity contribution in [2.75, 3.05) is 0 Å². The fraction of sp³-hybridized carbons (Fsp3) is 0.100. The van der Waals surface area contributed by atoms with Crippen molar-refractivity contribution >= 4 is 68.9 Å². The minimum atomic E-state index is 1.01. The second kappa shape index (κ2) is 11.4. The zero-order valence-corrected chi connectivity index (χ0v) is 28.0. The van der Waals surface area contributed by atoms with Crippen LogP contribution in [0, 0.1) is 0 Å². The molecule has 6 aromatic carbocycles. The van der Waals surface area contributed by atoms with Crippen LogP contribution in [-0.4, -0.2) is 4.57 Å². The highest BCUT2D eigenvalue weighted by molar-refractivity contribution is 8.05. The second-order valence-electron chi connectivity index (χ2n) is 11.5. The largest absolute Gasteiger partial charge is 0.340 e. The topological polar surface area (TPSA) is 4.93 Å². The second-order valence-corrected chi connectivity index (χ2v) is 15.8. The van der Waals surface area contributed by atoms with Gasteiger partial charge >= 0.3 is 0 Å². The predicted octanol–water partition coefficient (Wildman–Crippen LogP) is 13.2. The Bertz CT molecular complexity index is 2130. The van der Waals surface area contributed by atoms with Crippen molar-refractivity contribution in [1.82, 2.24) is 4.57 Å². The van der Waals surface area contributed by atoms with Gasteiger partial charge < -0.3 is 4.57 Å². The fourth-order valence-corrected chi connectivity index (χ4v) is 11.3. The Balaban J connectivity index is 1.18. The lowest BCUT2D eigenvalue weighted by Crippen LogP contribution is -1.98. The maximum atomic E-state index is 2.58. The van der Waals surface area contributed by atoms with E-state index in [0.29, 0.717) is 0 Å². The van der Waals surface area contributed by atoms with E-state index >= 15 is 0 Å². The SMILES string of the molecule is CCCCn1c2cc(-c3cccc4c3Sc3ccccc3S4)ccc2c2ccc(-c3cccc4c3Sc3ccccc3S4)cc21. The van der Waals surface area contributed by atoms with Crippen molar-refractivity contribution in [2.45, 2.75) is 65.5 Å². The molecular formula is C40H29NS4. The summed E-state index contributed by atoms with van der Waals surface area (Å²) in [5, 5.41) is 2.67. The van der Waals surface area contributed by atoms with Crippen molar-refractivity contribution in [3.8, 4) is 22.3 Å². The van der Waals surface area contributed by atoms with Crippen molar-refractivity contribution in [1.29, 1.82) is 0 Å². The number of fused-ring (bicyclic) bond motifs is 7. The number of rotatable bonds is 5. The first kappa shape index (κ1) is 27.8. The highest BCUT2D eigenvalue weighted by Gasteiger charge is 2.23. The summed E-state index contributed by atoms with van der Waals surface area (Å²) < 4.78 is 2.58. The molecule has 5 heteroatoms. The molecular weight excluding hydrogens is 623 g/mol. The molecule has 1 aromatic heterocycles. The van der Waals surface area contributed by atoms with Crippen molar-refractivity contribution in [3.05, 3.63) is 121 Å². The molecule has 2 aliphatic rings. The van der Waals surface area contributed by atoms with Crippen LogP contribution in [0.25, 0.3) is 44.1 Å². The average molecular weight is 652 g/mol. The Morgan fingerprint density at radius 2 is 0.911 bits per heavy atom. The molecule has 3 heterocycles. The summed E-state index contributed by atoms with van der Waals surface area (Å²) >= 11 is 7.59. The normalized spacial score (nSPS) is 13.4. The zero-order valence-electron chi connectivity index (χ0n) is 24.7. The number of unbranched alkanes of at least 4 members (excludes halogenated alkanes) is 1. The van der Waals surface area contributed by atoms with Crippen LogP contribution in [0.1, 0.15) is 19.8 Å². The number of hydrogen-bond donors (Lipinski definition) is 0. The quantitative estimate of drug-likeness (QED) is 0.182. The van der Waals surface area contributed by atoms with E-state index in [9.17, 15) is 0 Å². The van der Waals surface area contributed by atoms with Gasteiger partial charge in [0.2, 0.25) is 0 Å². The molecule has 45 heavy (non-hydrogen) atoms. The first-order valence-electron chi connectivity index (χ1n) is 15.5. The number of hydrogen-bond acceptors (Lipinski definition) is 4. The molecule has 0 N–H and O–H groups in total. The smallest absolute Gasteiger partial charge is 0.0497 e. The van der Waals surface area contributed by atoms with Gasteiger partial charge in [0.15, 0.2) is 0 Å². The van der Waals surface area contributed by atoms with E-state index in [4.69, 9.17) is 0 Å². The first-order valence-corrected chi connectivity index (χ1v) is 18.7. The van der Waals surface area contributed by atoms with Gasteiger partial charge in [-0.25, -0.2) is 0 Å². The Hall–Kier alpha value is -3.48. The minimum absolute atomic E-state index is 1.01. The van der Waals surface area contributed by atoms with Crippen LogP contribution in [0.15, 0.2) is 160 Å². The summed E-state index contributed by atoms with van der Waals surface area (Å²) in [6, 6.07) is 45.4. The third-order valence-electron chi connectivity index (χ3n) is 8.74. The Morgan fingerprint density at radius 1 is 0.467 bits per heavy atom.